The van der Waals surface area contributed by atoms with Crippen LogP contribution in [0.1, 0.15) is 50.1 Å². The van der Waals surface area contributed by atoms with Gasteiger partial charge in [-0.3, -0.25) is 0 Å². The minimum Gasteiger partial charge on any atom is -0.384 e. The maximum Gasteiger partial charge on any atom is 0.145 e. The van der Waals surface area contributed by atoms with Crippen molar-refractivity contribution in [1.82, 2.24) is 19.5 Å². The van der Waals surface area contributed by atoms with Gasteiger partial charge in [-0.05, 0) is 61.8 Å². The first-order chi connectivity index (χ1) is 12.7. The molecule has 3 aromatic heterocycles. The van der Waals surface area contributed by atoms with Crippen LogP contribution >= 0.6 is 0 Å². The smallest absolute Gasteiger partial charge is 0.145 e. The van der Waals surface area contributed by atoms with Gasteiger partial charge in [0.1, 0.15) is 23.6 Å². The van der Waals surface area contributed by atoms with Crippen molar-refractivity contribution < 1.29 is 0 Å². The summed E-state index contributed by atoms with van der Waals surface area (Å²) in [5, 5.41) is 0.965. The Morgan fingerprint density at radius 3 is 2.88 bits per heavy atom. The molecular formula is C20H26N6. The van der Waals surface area contributed by atoms with Gasteiger partial charge in [0, 0.05) is 18.4 Å². The number of aryl methyl sites for hydroxylation is 1. The number of rotatable bonds is 6. The third-order valence-electron chi connectivity index (χ3n) is 5.62. The summed E-state index contributed by atoms with van der Waals surface area (Å²) in [7, 11) is 0. The predicted molar refractivity (Wildman–Crippen MR) is 105 cm³/mol. The van der Waals surface area contributed by atoms with Crippen LogP contribution in [-0.2, 0) is 6.42 Å². The Kier molecular flexibility index (Phi) is 4.73. The van der Waals surface area contributed by atoms with Gasteiger partial charge in [-0.1, -0.05) is 12.8 Å². The maximum absolute atomic E-state index is 5.96. The molecule has 1 aliphatic rings. The minimum absolute atomic E-state index is 0.534. The van der Waals surface area contributed by atoms with Gasteiger partial charge in [0.25, 0.3) is 0 Å². The lowest BCUT2D eigenvalue weighted by molar-refractivity contribution is 0.443. The number of hydrogen-bond acceptors (Lipinski definition) is 5. The molecule has 0 bridgehead atoms. The van der Waals surface area contributed by atoms with E-state index in [4.69, 9.17) is 11.5 Å². The number of aromatic nitrogens is 4. The van der Waals surface area contributed by atoms with Crippen molar-refractivity contribution in [3.8, 4) is 0 Å². The largest absolute Gasteiger partial charge is 0.384 e. The molecule has 2 atom stereocenters. The maximum atomic E-state index is 5.96. The molecule has 0 aromatic carbocycles. The van der Waals surface area contributed by atoms with E-state index in [2.05, 4.69) is 31.8 Å². The van der Waals surface area contributed by atoms with Gasteiger partial charge in [0.15, 0.2) is 0 Å². The van der Waals surface area contributed by atoms with Crippen molar-refractivity contribution >= 4 is 22.7 Å². The molecular weight excluding hydrogens is 324 g/mol. The fourth-order valence-corrected chi connectivity index (χ4v) is 4.26. The lowest BCUT2D eigenvalue weighted by atomic mass is 9.98. The summed E-state index contributed by atoms with van der Waals surface area (Å²) in [6, 6.07) is 6.62. The zero-order valence-electron chi connectivity index (χ0n) is 15.0. The average molecular weight is 350 g/mol. The van der Waals surface area contributed by atoms with E-state index in [9.17, 15) is 0 Å². The first kappa shape index (κ1) is 16.8. The molecule has 2 unspecified atom stereocenters. The number of fused-ring (bicyclic) bond motifs is 1. The van der Waals surface area contributed by atoms with E-state index in [1.165, 1.54) is 44.1 Å². The number of nitrogen functional groups attached to an aromatic ring is 2. The fraction of sp³-hybridized carbons (Fsp3) is 0.450. The molecule has 3 aromatic rings. The van der Waals surface area contributed by atoms with E-state index < -0.39 is 0 Å². The molecule has 4 N–H and O–H groups in total. The van der Waals surface area contributed by atoms with Crippen molar-refractivity contribution in [2.75, 3.05) is 11.5 Å². The van der Waals surface area contributed by atoms with Crippen LogP contribution < -0.4 is 11.5 Å². The van der Waals surface area contributed by atoms with Gasteiger partial charge in [0.05, 0.1) is 5.39 Å². The average Bonchev–Trinajstić information content (AvgIpc) is 3.26. The molecule has 6 heteroatoms. The second-order valence-corrected chi connectivity index (χ2v) is 7.39. The van der Waals surface area contributed by atoms with Gasteiger partial charge in [-0.25, -0.2) is 15.0 Å². The summed E-state index contributed by atoms with van der Waals surface area (Å²) < 4.78 is 2.30. The molecule has 1 aliphatic carbocycles. The second-order valence-electron chi connectivity index (χ2n) is 7.39. The van der Waals surface area contributed by atoms with Crippen LogP contribution in [0.25, 0.3) is 11.0 Å². The van der Waals surface area contributed by atoms with Crippen molar-refractivity contribution in [3.63, 3.8) is 0 Å². The molecule has 26 heavy (non-hydrogen) atoms. The molecule has 136 valence electrons. The van der Waals surface area contributed by atoms with Gasteiger partial charge in [0.2, 0.25) is 0 Å². The quantitative estimate of drug-likeness (QED) is 0.660. The van der Waals surface area contributed by atoms with Crippen molar-refractivity contribution in [3.05, 3.63) is 42.5 Å². The summed E-state index contributed by atoms with van der Waals surface area (Å²) in [5.74, 6) is 1.99. The lowest BCUT2D eigenvalue weighted by Crippen LogP contribution is -2.06. The van der Waals surface area contributed by atoms with Crippen molar-refractivity contribution in [2.45, 2.75) is 51.0 Å². The van der Waals surface area contributed by atoms with Crippen LogP contribution in [0.2, 0.25) is 0 Å². The van der Waals surface area contributed by atoms with Crippen molar-refractivity contribution in [2.24, 2.45) is 5.92 Å². The Balaban J connectivity index is 1.29. The Morgan fingerprint density at radius 2 is 2.00 bits per heavy atom. The number of nitrogens with zero attached hydrogens (tertiary/aromatic N) is 4. The second kappa shape index (κ2) is 7.32. The lowest BCUT2D eigenvalue weighted by Gasteiger charge is -2.14. The number of nitrogens with two attached hydrogens (primary N) is 2. The predicted octanol–water partition coefficient (Wildman–Crippen LogP) is 3.74. The van der Waals surface area contributed by atoms with Crippen LogP contribution in [0.5, 0.6) is 0 Å². The van der Waals surface area contributed by atoms with Crippen LogP contribution in [0.4, 0.5) is 11.6 Å². The Bertz CT molecular complexity index is 887. The summed E-state index contributed by atoms with van der Waals surface area (Å²) in [6.45, 7) is 0. The third-order valence-corrected chi connectivity index (χ3v) is 5.62. The van der Waals surface area contributed by atoms with E-state index >= 15 is 0 Å². The molecule has 1 saturated carbocycles. The molecule has 3 heterocycles. The van der Waals surface area contributed by atoms with Gasteiger partial charge >= 0.3 is 0 Å². The highest BCUT2D eigenvalue weighted by Gasteiger charge is 2.26. The number of unbranched alkanes of at least 4 members (excludes halogenated alkanes) is 1. The van der Waals surface area contributed by atoms with Crippen LogP contribution in [0.15, 0.2) is 36.9 Å². The van der Waals surface area contributed by atoms with E-state index in [-0.39, 0.29) is 0 Å². The van der Waals surface area contributed by atoms with Gasteiger partial charge < -0.3 is 16.0 Å². The summed E-state index contributed by atoms with van der Waals surface area (Å²) in [4.78, 5) is 12.6. The topological polar surface area (TPSA) is 95.6 Å². The van der Waals surface area contributed by atoms with Crippen LogP contribution in [-0.4, -0.2) is 19.5 Å². The van der Waals surface area contributed by atoms with Crippen molar-refractivity contribution in [1.29, 1.82) is 0 Å². The van der Waals surface area contributed by atoms with E-state index in [0.717, 1.165) is 23.4 Å². The van der Waals surface area contributed by atoms with E-state index in [0.29, 0.717) is 17.7 Å². The Hall–Kier alpha value is -2.63. The minimum atomic E-state index is 0.534. The highest BCUT2D eigenvalue weighted by Crippen LogP contribution is 2.39. The first-order valence-corrected chi connectivity index (χ1v) is 9.48. The SMILES string of the molecule is Nc1cc(CCCCC2CCC(n3ccc4c(N)ncnc43)C2)ccn1. The number of hydrogen-bond donors (Lipinski definition) is 2. The molecule has 0 radical (unpaired) electrons. The third kappa shape index (κ3) is 3.49. The summed E-state index contributed by atoms with van der Waals surface area (Å²) >= 11 is 0. The Morgan fingerprint density at radius 1 is 1.08 bits per heavy atom. The normalized spacial score (nSPS) is 20.0. The fourth-order valence-electron chi connectivity index (χ4n) is 4.26. The molecule has 0 spiro atoms. The van der Waals surface area contributed by atoms with Gasteiger partial charge in [-0.2, -0.15) is 0 Å². The standard InChI is InChI=1S/C20H26N6/c21-18-12-15(7-9-23-18)4-2-1-3-14-5-6-16(11-14)26-10-8-17-19(22)24-13-25-20(17)26/h7-10,12-14,16H,1-6,11H2,(H2,21,23)(H2,22,24,25). The monoisotopic (exact) mass is 350 g/mol. The number of pyridine rings is 1. The summed E-state index contributed by atoms with van der Waals surface area (Å²) in [5.41, 5.74) is 14.0. The molecule has 0 saturated heterocycles. The van der Waals surface area contributed by atoms with E-state index in [1.807, 2.05) is 12.1 Å². The highest BCUT2D eigenvalue weighted by atomic mass is 15.1. The zero-order chi connectivity index (χ0) is 17.9. The van der Waals surface area contributed by atoms with Crippen LogP contribution in [0.3, 0.4) is 0 Å². The molecule has 0 amide bonds. The first-order valence-electron chi connectivity index (χ1n) is 9.48. The van der Waals surface area contributed by atoms with Gasteiger partial charge in [-0.15, -0.1) is 0 Å². The zero-order valence-corrected chi connectivity index (χ0v) is 15.0. The summed E-state index contributed by atoms with van der Waals surface area (Å²) in [6.07, 6.45) is 14.1. The molecule has 6 nitrogen and oxygen atoms in total. The number of anilines is 2. The highest BCUT2D eigenvalue weighted by molar-refractivity contribution is 5.86. The van der Waals surface area contributed by atoms with Crippen LogP contribution in [0, 0.1) is 5.92 Å². The molecule has 4 rings (SSSR count). The Labute approximate surface area is 153 Å². The van der Waals surface area contributed by atoms with E-state index in [1.54, 1.807) is 12.5 Å². The molecule has 0 aliphatic heterocycles. The molecule has 1 fully saturated rings.